The topological polar surface area (TPSA) is 43.3 Å². The Kier molecular flexibility index (Phi) is 6.75. The molecule has 3 fully saturated rings. The van der Waals surface area contributed by atoms with E-state index in [1.54, 1.807) is 0 Å². The second-order valence-corrected chi connectivity index (χ2v) is 7.27. The van der Waals surface area contributed by atoms with Gasteiger partial charge in [-0.2, -0.15) is 0 Å². The van der Waals surface area contributed by atoms with Crippen LogP contribution in [-0.2, 0) is 4.74 Å². The first kappa shape index (κ1) is 18.0. The fraction of sp³-hybridized carbons (Fsp3) is 0.944. The maximum Gasteiger partial charge on any atom is 0.193 e. The Bertz CT molecular complexity index is 404. The maximum absolute atomic E-state index is 5.48. The third-order valence-electron chi connectivity index (χ3n) is 5.86. The molecule has 0 aromatic heterocycles. The lowest BCUT2D eigenvalue weighted by atomic mass is 10.2. The van der Waals surface area contributed by atoms with Gasteiger partial charge in [0.25, 0.3) is 0 Å². The number of nitrogens with zero attached hydrogens (tertiary/aromatic N) is 4. The van der Waals surface area contributed by atoms with Crippen molar-refractivity contribution >= 4 is 5.96 Å². The van der Waals surface area contributed by atoms with Crippen molar-refractivity contribution in [2.45, 2.75) is 44.7 Å². The molecule has 0 amide bonds. The number of ether oxygens (including phenoxy) is 1. The molecule has 138 valence electrons. The normalized spacial score (nSPS) is 28.5. The molecule has 0 radical (unpaired) electrons. The van der Waals surface area contributed by atoms with Gasteiger partial charge < -0.3 is 15.0 Å². The summed E-state index contributed by atoms with van der Waals surface area (Å²) >= 11 is 0. The molecule has 6 heteroatoms. The van der Waals surface area contributed by atoms with Gasteiger partial charge in [-0.25, -0.2) is 0 Å². The maximum atomic E-state index is 5.48. The van der Waals surface area contributed by atoms with Gasteiger partial charge >= 0.3 is 0 Å². The highest BCUT2D eigenvalue weighted by Gasteiger charge is 2.30. The largest absolute Gasteiger partial charge is 0.379 e. The molecule has 0 aromatic rings. The van der Waals surface area contributed by atoms with E-state index in [1.807, 2.05) is 7.05 Å². The number of morpholine rings is 1. The molecule has 0 bridgehead atoms. The van der Waals surface area contributed by atoms with Crippen molar-refractivity contribution in [2.24, 2.45) is 4.99 Å². The molecule has 1 N–H and O–H groups in total. The smallest absolute Gasteiger partial charge is 0.193 e. The van der Waals surface area contributed by atoms with Crippen LogP contribution in [0.5, 0.6) is 0 Å². The molecule has 6 nitrogen and oxygen atoms in total. The van der Waals surface area contributed by atoms with Gasteiger partial charge in [0.15, 0.2) is 5.96 Å². The van der Waals surface area contributed by atoms with E-state index < -0.39 is 0 Å². The lowest BCUT2D eigenvalue weighted by Gasteiger charge is -2.32. The Morgan fingerprint density at radius 2 is 1.92 bits per heavy atom. The second kappa shape index (κ2) is 9.02. The van der Waals surface area contributed by atoms with E-state index in [1.165, 1.54) is 38.8 Å². The van der Waals surface area contributed by atoms with Gasteiger partial charge in [-0.3, -0.25) is 14.8 Å². The van der Waals surface area contributed by atoms with E-state index in [0.717, 1.165) is 51.9 Å². The van der Waals surface area contributed by atoms with Crippen LogP contribution in [0.15, 0.2) is 4.99 Å². The van der Waals surface area contributed by atoms with Crippen molar-refractivity contribution in [3.63, 3.8) is 0 Å². The van der Waals surface area contributed by atoms with Crippen molar-refractivity contribution < 1.29 is 4.74 Å². The third kappa shape index (κ3) is 4.41. The quantitative estimate of drug-likeness (QED) is 0.595. The molecule has 2 unspecified atom stereocenters. The van der Waals surface area contributed by atoms with E-state index in [9.17, 15) is 0 Å². The van der Waals surface area contributed by atoms with Gasteiger partial charge in [0.2, 0.25) is 0 Å². The molecular formula is C18H35N5O. The first-order valence-corrected chi connectivity index (χ1v) is 9.83. The van der Waals surface area contributed by atoms with Gasteiger partial charge in [0.05, 0.1) is 13.2 Å². The molecule has 3 saturated heterocycles. The Morgan fingerprint density at radius 1 is 1.17 bits per heavy atom. The zero-order valence-corrected chi connectivity index (χ0v) is 15.5. The predicted octanol–water partition coefficient (Wildman–Crippen LogP) is 0.843. The lowest BCUT2D eigenvalue weighted by Crippen LogP contribution is -2.49. The van der Waals surface area contributed by atoms with Gasteiger partial charge in [-0.1, -0.05) is 6.92 Å². The minimum Gasteiger partial charge on any atom is -0.379 e. The monoisotopic (exact) mass is 337 g/mol. The lowest BCUT2D eigenvalue weighted by molar-refractivity contribution is 0.0194. The number of guanidine groups is 1. The van der Waals surface area contributed by atoms with Gasteiger partial charge in [0, 0.05) is 51.9 Å². The van der Waals surface area contributed by atoms with Gasteiger partial charge in [0.1, 0.15) is 0 Å². The number of hydrogen-bond donors (Lipinski definition) is 1. The molecule has 3 rings (SSSR count). The van der Waals surface area contributed by atoms with Crippen LogP contribution in [0.25, 0.3) is 0 Å². The molecule has 2 atom stereocenters. The third-order valence-corrected chi connectivity index (χ3v) is 5.86. The fourth-order valence-electron chi connectivity index (χ4n) is 4.35. The summed E-state index contributed by atoms with van der Waals surface area (Å²) in [6.07, 6.45) is 5.17. The summed E-state index contributed by atoms with van der Waals surface area (Å²) in [4.78, 5) is 12.2. The average Bonchev–Trinajstić information content (AvgIpc) is 3.32. The standard InChI is InChI=1S/C18H35N5O/c1-3-16(21-7-4-5-8-21)14-20-18(19-2)23-9-6-17(15-23)22-10-12-24-13-11-22/h16-17H,3-15H2,1-2H3,(H,19,20). The minimum atomic E-state index is 0.641. The van der Waals surface area contributed by atoms with Crippen molar-refractivity contribution in [2.75, 3.05) is 66.1 Å². The summed E-state index contributed by atoms with van der Waals surface area (Å²) in [5.41, 5.74) is 0. The zero-order chi connectivity index (χ0) is 16.8. The molecule has 0 saturated carbocycles. The van der Waals surface area contributed by atoms with Crippen molar-refractivity contribution in [1.82, 2.24) is 20.0 Å². The molecule has 24 heavy (non-hydrogen) atoms. The molecule has 0 aromatic carbocycles. The van der Waals surface area contributed by atoms with Gasteiger partial charge in [-0.15, -0.1) is 0 Å². The highest BCUT2D eigenvalue weighted by Crippen LogP contribution is 2.17. The van der Waals surface area contributed by atoms with Crippen LogP contribution in [0.3, 0.4) is 0 Å². The summed E-state index contributed by atoms with van der Waals surface area (Å²) in [6.45, 7) is 12.0. The first-order chi connectivity index (χ1) is 11.8. The number of likely N-dealkylation sites (tertiary alicyclic amines) is 2. The first-order valence-electron chi connectivity index (χ1n) is 9.83. The molecule has 0 spiro atoms. The van der Waals surface area contributed by atoms with Crippen LogP contribution in [0.1, 0.15) is 32.6 Å². The summed E-state index contributed by atoms with van der Waals surface area (Å²) in [5.74, 6) is 1.09. The van der Waals surface area contributed by atoms with E-state index in [-0.39, 0.29) is 0 Å². The molecule has 3 heterocycles. The predicted molar refractivity (Wildman–Crippen MR) is 98.6 cm³/mol. The van der Waals surface area contributed by atoms with Crippen molar-refractivity contribution in [3.8, 4) is 0 Å². The fourth-order valence-corrected chi connectivity index (χ4v) is 4.35. The molecular weight excluding hydrogens is 302 g/mol. The van der Waals surface area contributed by atoms with Crippen LogP contribution in [0.2, 0.25) is 0 Å². The van der Waals surface area contributed by atoms with E-state index in [0.29, 0.717) is 12.1 Å². The van der Waals surface area contributed by atoms with Crippen molar-refractivity contribution in [1.29, 1.82) is 0 Å². The average molecular weight is 338 g/mol. The Labute approximate surface area is 147 Å². The van der Waals surface area contributed by atoms with Crippen LogP contribution in [0.4, 0.5) is 0 Å². The Morgan fingerprint density at radius 3 is 2.58 bits per heavy atom. The molecule has 0 aliphatic carbocycles. The summed E-state index contributed by atoms with van der Waals surface area (Å²) in [7, 11) is 1.92. The highest BCUT2D eigenvalue weighted by atomic mass is 16.5. The number of hydrogen-bond acceptors (Lipinski definition) is 4. The summed E-state index contributed by atoms with van der Waals surface area (Å²) < 4.78 is 5.48. The molecule has 3 aliphatic rings. The van der Waals surface area contributed by atoms with Crippen LogP contribution < -0.4 is 5.32 Å². The minimum absolute atomic E-state index is 0.641. The second-order valence-electron chi connectivity index (χ2n) is 7.27. The van der Waals surface area contributed by atoms with E-state index >= 15 is 0 Å². The van der Waals surface area contributed by atoms with Crippen molar-refractivity contribution in [3.05, 3.63) is 0 Å². The van der Waals surface area contributed by atoms with Gasteiger partial charge in [-0.05, 0) is 38.8 Å². The number of aliphatic imine (C=N–C) groups is 1. The van der Waals surface area contributed by atoms with Crippen LogP contribution >= 0.6 is 0 Å². The summed E-state index contributed by atoms with van der Waals surface area (Å²) in [6, 6.07) is 1.30. The van der Waals surface area contributed by atoms with E-state index in [2.05, 4.69) is 31.9 Å². The Balaban J connectivity index is 1.47. The highest BCUT2D eigenvalue weighted by molar-refractivity contribution is 5.80. The number of rotatable bonds is 5. The summed E-state index contributed by atoms with van der Waals surface area (Å²) in [5, 5.41) is 3.65. The Hall–Kier alpha value is -0.850. The van der Waals surface area contributed by atoms with Crippen LogP contribution in [0, 0.1) is 0 Å². The number of nitrogens with one attached hydrogen (secondary N) is 1. The van der Waals surface area contributed by atoms with E-state index in [4.69, 9.17) is 4.74 Å². The SMILES string of the molecule is CCC(CNC(=NC)N1CCC(N2CCOCC2)C1)N1CCCC1. The zero-order valence-electron chi connectivity index (χ0n) is 15.5. The molecule has 3 aliphatic heterocycles. The van der Waals surface area contributed by atoms with Crippen LogP contribution in [-0.4, -0.2) is 98.8 Å².